The molecule has 0 rings (SSSR count). The Bertz CT molecular complexity index is 275. The van der Waals surface area contributed by atoms with Gasteiger partial charge in [0.25, 0.3) is 0 Å². The summed E-state index contributed by atoms with van der Waals surface area (Å²) in [6, 6.07) is -1.55. The van der Waals surface area contributed by atoms with E-state index < -0.39 is 6.00 Å². The van der Waals surface area contributed by atoms with Crippen LogP contribution < -0.4 is 0 Å². The first-order chi connectivity index (χ1) is 11.6. The summed E-state index contributed by atoms with van der Waals surface area (Å²) < 4.78 is 0. The minimum absolute atomic E-state index is 0.816. The standard InChI is InChI=1S/C20H39Cl3Si/c1-2-3-4-5-6-7-8-9-10-11-12-13-14-15-16-17-18-19-20-24(21,22)23/h12-13H,2-11,14-20H2,1H3/b13-12+. The highest BCUT2D eigenvalue weighted by Crippen LogP contribution is 2.27. The number of rotatable bonds is 18. The number of hydrogen-bond donors (Lipinski definition) is 0. The molecule has 0 N–H and O–H groups in total. The quantitative estimate of drug-likeness (QED) is 0.0907. The van der Waals surface area contributed by atoms with Gasteiger partial charge < -0.3 is 0 Å². The molecular formula is C20H39Cl3Si. The summed E-state index contributed by atoms with van der Waals surface area (Å²) in [7, 11) is 0. The Morgan fingerprint density at radius 1 is 0.542 bits per heavy atom. The predicted molar refractivity (Wildman–Crippen MR) is 117 cm³/mol. The van der Waals surface area contributed by atoms with Crippen LogP contribution >= 0.6 is 33.2 Å². The highest BCUT2D eigenvalue weighted by atomic mass is 35.8. The minimum atomic E-state index is -2.36. The number of halogens is 3. The van der Waals surface area contributed by atoms with Gasteiger partial charge in [0.1, 0.15) is 0 Å². The lowest BCUT2D eigenvalue weighted by molar-refractivity contribution is 0.566. The van der Waals surface area contributed by atoms with Gasteiger partial charge in [-0.05, 0) is 31.7 Å². The summed E-state index contributed by atoms with van der Waals surface area (Å²) in [5.41, 5.74) is 0. The number of allylic oxidation sites excluding steroid dienone is 2. The third-order valence-electron chi connectivity index (χ3n) is 4.47. The van der Waals surface area contributed by atoms with E-state index in [1.807, 2.05) is 0 Å². The van der Waals surface area contributed by atoms with Crippen molar-refractivity contribution in [2.45, 2.75) is 116 Å². The van der Waals surface area contributed by atoms with Crippen LogP contribution in [0.3, 0.4) is 0 Å². The first kappa shape index (κ1) is 24.8. The molecule has 0 unspecified atom stereocenters. The summed E-state index contributed by atoms with van der Waals surface area (Å²) in [6.07, 6.45) is 26.2. The Labute approximate surface area is 166 Å². The third kappa shape index (κ3) is 22.8. The molecule has 0 aliphatic carbocycles. The molecule has 0 fully saturated rings. The smallest absolute Gasteiger partial charge is 0.126 e. The molecule has 0 spiro atoms. The highest BCUT2D eigenvalue weighted by molar-refractivity contribution is 7.64. The van der Waals surface area contributed by atoms with E-state index in [0.717, 1.165) is 12.5 Å². The van der Waals surface area contributed by atoms with E-state index in [-0.39, 0.29) is 0 Å². The van der Waals surface area contributed by atoms with Crippen LogP contribution in [0.5, 0.6) is 0 Å². The molecule has 0 nitrogen and oxygen atoms in total. The summed E-state index contributed by atoms with van der Waals surface area (Å²) in [5.74, 6) is 0. The average molecular weight is 414 g/mol. The molecule has 24 heavy (non-hydrogen) atoms. The Morgan fingerprint density at radius 2 is 0.917 bits per heavy atom. The van der Waals surface area contributed by atoms with E-state index in [1.54, 1.807) is 0 Å². The molecule has 0 atom stereocenters. The molecular weight excluding hydrogens is 375 g/mol. The van der Waals surface area contributed by atoms with Gasteiger partial charge in [-0.25, -0.2) is 0 Å². The van der Waals surface area contributed by atoms with Gasteiger partial charge in [-0.2, -0.15) is 0 Å². The first-order valence-electron chi connectivity index (χ1n) is 10.3. The second kappa shape index (κ2) is 18.6. The van der Waals surface area contributed by atoms with Crippen LogP contribution in [-0.4, -0.2) is 6.00 Å². The van der Waals surface area contributed by atoms with Crippen LogP contribution in [0, 0.1) is 0 Å². The molecule has 0 bridgehead atoms. The zero-order valence-electron chi connectivity index (χ0n) is 15.8. The van der Waals surface area contributed by atoms with Gasteiger partial charge in [0.2, 0.25) is 0 Å². The second-order valence-electron chi connectivity index (χ2n) is 7.01. The maximum absolute atomic E-state index is 5.87. The van der Waals surface area contributed by atoms with Crippen LogP contribution in [-0.2, 0) is 0 Å². The molecule has 0 saturated heterocycles. The highest BCUT2D eigenvalue weighted by Gasteiger charge is 2.23. The van der Waals surface area contributed by atoms with E-state index >= 15 is 0 Å². The number of unbranched alkanes of at least 4 members (excludes halogenated alkanes) is 14. The van der Waals surface area contributed by atoms with E-state index in [9.17, 15) is 0 Å². The summed E-state index contributed by atoms with van der Waals surface area (Å²) in [6.45, 7) is 2.28. The molecule has 0 aromatic rings. The molecule has 0 aromatic carbocycles. The second-order valence-corrected chi connectivity index (χ2v) is 16.3. The Balaban J connectivity index is 3.11. The summed E-state index contributed by atoms with van der Waals surface area (Å²) in [5, 5.41) is 0. The molecule has 0 radical (unpaired) electrons. The lowest BCUT2D eigenvalue weighted by Gasteiger charge is -2.06. The largest absolute Gasteiger partial charge is 0.341 e. The molecule has 0 heterocycles. The van der Waals surface area contributed by atoms with Crippen LogP contribution in [0.1, 0.15) is 110 Å². The van der Waals surface area contributed by atoms with Crippen molar-refractivity contribution in [2.24, 2.45) is 0 Å². The van der Waals surface area contributed by atoms with E-state index in [2.05, 4.69) is 19.1 Å². The van der Waals surface area contributed by atoms with Gasteiger partial charge >= 0.3 is 6.00 Å². The average Bonchev–Trinajstić information content (AvgIpc) is 2.52. The molecule has 0 amide bonds. The topological polar surface area (TPSA) is 0 Å². The number of hydrogen-bond acceptors (Lipinski definition) is 0. The minimum Gasteiger partial charge on any atom is -0.126 e. The summed E-state index contributed by atoms with van der Waals surface area (Å²) in [4.78, 5) is 0. The zero-order chi connectivity index (χ0) is 17.9. The Morgan fingerprint density at radius 3 is 1.33 bits per heavy atom. The van der Waals surface area contributed by atoms with Crippen LogP contribution in [0.2, 0.25) is 6.04 Å². The van der Waals surface area contributed by atoms with Crippen LogP contribution in [0.25, 0.3) is 0 Å². The molecule has 0 saturated carbocycles. The predicted octanol–water partition coefficient (Wildman–Crippen LogP) is 9.46. The van der Waals surface area contributed by atoms with E-state index in [0.29, 0.717) is 0 Å². The van der Waals surface area contributed by atoms with E-state index in [1.165, 1.54) is 96.3 Å². The van der Waals surface area contributed by atoms with Gasteiger partial charge in [0, 0.05) is 0 Å². The monoisotopic (exact) mass is 412 g/mol. The Kier molecular flexibility index (Phi) is 19.3. The fourth-order valence-electron chi connectivity index (χ4n) is 2.93. The van der Waals surface area contributed by atoms with E-state index in [4.69, 9.17) is 33.2 Å². The maximum atomic E-state index is 5.87. The van der Waals surface area contributed by atoms with Gasteiger partial charge in [0.15, 0.2) is 0 Å². The van der Waals surface area contributed by atoms with Gasteiger partial charge in [-0.15, -0.1) is 33.2 Å². The van der Waals surface area contributed by atoms with Crippen molar-refractivity contribution in [3.05, 3.63) is 12.2 Å². The fourth-order valence-corrected chi connectivity index (χ4v) is 4.78. The fraction of sp³-hybridized carbons (Fsp3) is 0.900. The normalized spacial score (nSPS) is 12.3. The summed E-state index contributed by atoms with van der Waals surface area (Å²) >= 11 is 17.6. The molecule has 144 valence electrons. The van der Waals surface area contributed by atoms with Crippen molar-refractivity contribution in [3.8, 4) is 0 Å². The molecule has 0 aliphatic heterocycles. The molecule has 4 heteroatoms. The van der Waals surface area contributed by atoms with Crippen molar-refractivity contribution in [3.63, 3.8) is 0 Å². The zero-order valence-corrected chi connectivity index (χ0v) is 19.1. The van der Waals surface area contributed by atoms with Crippen LogP contribution in [0.15, 0.2) is 12.2 Å². The van der Waals surface area contributed by atoms with Crippen molar-refractivity contribution >= 4 is 39.2 Å². The molecule has 0 aromatic heterocycles. The van der Waals surface area contributed by atoms with Gasteiger partial charge in [-0.1, -0.05) is 96.1 Å². The van der Waals surface area contributed by atoms with Gasteiger partial charge in [0.05, 0.1) is 0 Å². The lowest BCUT2D eigenvalue weighted by atomic mass is 10.1. The SMILES string of the molecule is CCCCCCCCCCC/C=C/CCCCCCC[Si](Cl)(Cl)Cl. The van der Waals surface area contributed by atoms with Crippen molar-refractivity contribution < 1.29 is 0 Å². The van der Waals surface area contributed by atoms with Crippen LogP contribution in [0.4, 0.5) is 0 Å². The first-order valence-corrected chi connectivity index (χ1v) is 15.5. The van der Waals surface area contributed by atoms with Crippen molar-refractivity contribution in [1.29, 1.82) is 0 Å². The maximum Gasteiger partial charge on any atom is 0.341 e. The molecule has 0 aliphatic rings. The Hall–Kier alpha value is 0.827. The van der Waals surface area contributed by atoms with Crippen molar-refractivity contribution in [1.82, 2.24) is 0 Å². The lowest BCUT2D eigenvalue weighted by Crippen LogP contribution is -2.07. The van der Waals surface area contributed by atoms with Gasteiger partial charge in [-0.3, -0.25) is 0 Å². The third-order valence-corrected chi connectivity index (χ3v) is 7.09. The van der Waals surface area contributed by atoms with Crippen molar-refractivity contribution in [2.75, 3.05) is 0 Å².